The van der Waals surface area contributed by atoms with Gasteiger partial charge in [-0.1, -0.05) is 97.1 Å². The van der Waals surface area contributed by atoms with E-state index in [1.54, 1.807) is 0 Å². The van der Waals surface area contributed by atoms with Crippen LogP contribution >= 0.6 is 0 Å². The van der Waals surface area contributed by atoms with Crippen LogP contribution in [0.2, 0.25) is 0 Å². The standard InChI is InChI=1S/C32H20N2/c1-2-10-22(11-3-1)34-28-19-15-20-8-4-6-12-23(20)29(28)27-18-17-26-25-16-14-21-9-5-7-13-24(21)30(25)33-31(26)32(27)34/h1-19,33H. The van der Waals surface area contributed by atoms with Crippen molar-refractivity contribution in [2.45, 2.75) is 0 Å². The third kappa shape index (κ3) is 2.24. The van der Waals surface area contributed by atoms with Gasteiger partial charge in [-0.05, 0) is 34.4 Å². The third-order valence-corrected chi connectivity index (χ3v) is 7.30. The van der Waals surface area contributed by atoms with E-state index in [-0.39, 0.29) is 0 Å². The monoisotopic (exact) mass is 432 g/mol. The molecule has 0 amide bonds. The summed E-state index contributed by atoms with van der Waals surface area (Å²) in [7, 11) is 0. The maximum atomic E-state index is 3.86. The van der Waals surface area contributed by atoms with Crippen molar-refractivity contribution in [3.05, 3.63) is 115 Å². The van der Waals surface area contributed by atoms with Gasteiger partial charge < -0.3 is 9.55 Å². The zero-order chi connectivity index (χ0) is 22.2. The molecule has 8 rings (SSSR count). The largest absolute Gasteiger partial charge is 0.352 e. The summed E-state index contributed by atoms with van der Waals surface area (Å²) in [6.45, 7) is 0. The molecular weight excluding hydrogens is 412 g/mol. The fourth-order valence-corrected chi connectivity index (χ4v) is 5.83. The van der Waals surface area contributed by atoms with E-state index in [2.05, 4.69) is 125 Å². The van der Waals surface area contributed by atoms with Gasteiger partial charge in [0.1, 0.15) is 0 Å². The lowest BCUT2D eigenvalue weighted by molar-refractivity contribution is 1.18. The quantitative estimate of drug-likeness (QED) is 0.268. The van der Waals surface area contributed by atoms with Crippen LogP contribution in [0, 0.1) is 0 Å². The molecule has 0 aliphatic heterocycles. The number of fused-ring (bicyclic) bond motifs is 11. The second-order valence-electron chi connectivity index (χ2n) is 9.07. The third-order valence-electron chi connectivity index (χ3n) is 7.30. The van der Waals surface area contributed by atoms with Crippen molar-refractivity contribution < 1.29 is 0 Å². The number of nitrogens with one attached hydrogen (secondary N) is 1. The average Bonchev–Trinajstić information content (AvgIpc) is 3.45. The maximum Gasteiger partial charge on any atom is 0.0783 e. The van der Waals surface area contributed by atoms with Gasteiger partial charge in [0.25, 0.3) is 0 Å². The first kappa shape index (κ1) is 17.9. The number of aromatic amines is 1. The number of hydrogen-bond donors (Lipinski definition) is 1. The molecular formula is C32H20N2. The molecule has 34 heavy (non-hydrogen) atoms. The zero-order valence-electron chi connectivity index (χ0n) is 18.4. The fourth-order valence-electron chi connectivity index (χ4n) is 5.83. The van der Waals surface area contributed by atoms with Crippen molar-refractivity contribution >= 4 is 65.2 Å². The normalized spacial score (nSPS) is 12.1. The van der Waals surface area contributed by atoms with E-state index in [1.807, 2.05) is 0 Å². The Bertz CT molecular complexity index is 2060. The highest BCUT2D eigenvalue weighted by Crippen LogP contribution is 2.42. The van der Waals surface area contributed by atoms with Gasteiger partial charge in [0.2, 0.25) is 0 Å². The van der Waals surface area contributed by atoms with Gasteiger partial charge in [0.05, 0.1) is 22.1 Å². The first-order valence-corrected chi connectivity index (χ1v) is 11.7. The SMILES string of the molecule is c1ccc(-n2c3ccc4ccccc4c3c3ccc4c5ccc6ccccc6c5[nH]c4c32)cc1. The van der Waals surface area contributed by atoms with E-state index >= 15 is 0 Å². The number of benzene rings is 6. The fraction of sp³-hybridized carbons (Fsp3) is 0. The Morgan fingerprint density at radius 3 is 1.91 bits per heavy atom. The summed E-state index contributed by atoms with van der Waals surface area (Å²) < 4.78 is 2.43. The van der Waals surface area contributed by atoms with Crippen LogP contribution < -0.4 is 0 Å². The predicted octanol–water partition coefficient (Wildman–Crippen LogP) is 8.72. The molecule has 0 saturated heterocycles. The summed E-state index contributed by atoms with van der Waals surface area (Å²) in [4.78, 5) is 3.86. The molecule has 0 fully saturated rings. The first-order valence-electron chi connectivity index (χ1n) is 11.7. The lowest BCUT2D eigenvalue weighted by atomic mass is 10.0. The Balaban J connectivity index is 1.66. The molecule has 0 bridgehead atoms. The van der Waals surface area contributed by atoms with Crippen molar-refractivity contribution in [2.24, 2.45) is 0 Å². The summed E-state index contributed by atoms with van der Waals surface area (Å²) in [5.41, 5.74) is 6.03. The molecule has 2 aromatic heterocycles. The second-order valence-corrected chi connectivity index (χ2v) is 9.07. The summed E-state index contributed by atoms with van der Waals surface area (Å²) >= 11 is 0. The molecule has 0 radical (unpaired) electrons. The second kappa shape index (κ2) is 6.49. The number of nitrogens with zero attached hydrogens (tertiary/aromatic N) is 1. The van der Waals surface area contributed by atoms with Crippen LogP contribution in [-0.4, -0.2) is 9.55 Å². The summed E-state index contributed by atoms with van der Waals surface area (Å²) in [5, 5.41) is 10.2. The molecule has 0 atom stereocenters. The van der Waals surface area contributed by atoms with E-state index in [0.717, 1.165) is 0 Å². The molecule has 8 aromatic rings. The zero-order valence-corrected chi connectivity index (χ0v) is 18.4. The van der Waals surface area contributed by atoms with E-state index in [9.17, 15) is 0 Å². The highest BCUT2D eigenvalue weighted by Gasteiger charge is 2.19. The van der Waals surface area contributed by atoms with Crippen molar-refractivity contribution in [2.75, 3.05) is 0 Å². The van der Waals surface area contributed by atoms with Crippen LogP contribution in [0.5, 0.6) is 0 Å². The highest BCUT2D eigenvalue weighted by atomic mass is 15.0. The Hall–Kier alpha value is -4.56. The minimum atomic E-state index is 1.17. The van der Waals surface area contributed by atoms with Gasteiger partial charge in [-0.3, -0.25) is 0 Å². The van der Waals surface area contributed by atoms with Gasteiger partial charge in [-0.15, -0.1) is 0 Å². The average molecular weight is 433 g/mol. The van der Waals surface area contributed by atoms with E-state index < -0.39 is 0 Å². The van der Waals surface area contributed by atoms with Gasteiger partial charge >= 0.3 is 0 Å². The smallest absolute Gasteiger partial charge is 0.0783 e. The Morgan fingerprint density at radius 1 is 0.441 bits per heavy atom. The minimum Gasteiger partial charge on any atom is -0.352 e. The summed E-state index contributed by atoms with van der Waals surface area (Å²) in [5.74, 6) is 0. The molecule has 0 unspecified atom stereocenters. The van der Waals surface area contributed by atoms with Crippen molar-refractivity contribution in [3.8, 4) is 5.69 Å². The highest BCUT2D eigenvalue weighted by molar-refractivity contribution is 6.29. The van der Waals surface area contributed by atoms with Crippen LogP contribution in [0.25, 0.3) is 70.8 Å². The van der Waals surface area contributed by atoms with Gasteiger partial charge in [0.15, 0.2) is 0 Å². The minimum absolute atomic E-state index is 1.17. The summed E-state index contributed by atoms with van der Waals surface area (Å²) in [6, 6.07) is 41.7. The Kier molecular flexibility index (Phi) is 3.42. The van der Waals surface area contributed by atoms with E-state index in [0.29, 0.717) is 0 Å². The molecule has 0 aliphatic carbocycles. The van der Waals surface area contributed by atoms with Gasteiger partial charge in [0, 0.05) is 32.6 Å². The van der Waals surface area contributed by atoms with Crippen molar-refractivity contribution in [1.82, 2.24) is 9.55 Å². The van der Waals surface area contributed by atoms with Crippen LogP contribution in [0.1, 0.15) is 0 Å². The lowest BCUT2D eigenvalue weighted by Crippen LogP contribution is -1.93. The van der Waals surface area contributed by atoms with Crippen LogP contribution in [0.15, 0.2) is 115 Å². The van der Waals surface area contributed by atoms with Gasteiger partial charge in [-0.25, -0.2) is 0 Å². The van der Waals surface area contributed by atoms with Crippen LogP contribution in [-0.2, 0) is 0 Å². The van der Waals surface area contributed by atoms with Crippen LogP contribution in [0.3, 0.4) is 0 Å². The number of aromatic nitrogens is 2. The molecule has 0 spiro atoms. The topological polar surface area (TPSA) is 20.7 Å². The molecule has 0 aliphatic rings. The predicted molar refractivity (Wildman–Crippen MR) is 145 cm³/mol. The number of para-hydroxylation sites is 1. The molecule has 6 aromatic carbocycles. The van der Waals surface area contributed by atoms with Crippen molar-refractivity contribution in [1.29, 1.82) is 0 Å². The van der Waals surface area contributed by atoms with E-state index in [1.165, 1.54) is 70.8 Å². The molecule has 2 heteroatoms. The molecule has 158 valence electrons. The van der Waals surface area contributed by atoms with E-state index in [4.69, 9.17) is 0 Å². The molecule has 2 nitrogen and oxygen atoms in total. The molecule has 2 heterocycles. The number of hydrogen-bond acceptors (Lipinski definition) is 0. The number of H-pyrrole nitrogens is 1. The molecule has 0 saturated carbocycles. The Labute approximate surface area is 195 Å². The summed E-state index contributed by atoms with van der Waals surface area (Å²) in [6.07, 6.45) is 0. The van der Waals surface area contributed by atoms with Gasteiger partial charge in [-0.2, -0.15) is 0 Å². The lowest BCUT2D eigenvalue weighted by Gasteiger charge is -2.08. The van der Waals surface area contributed by atoms with Crippen molar-refractivity contribution in [3.63, 3.8) is 0 Å². The first-order chi connectivity index (χ1) is 16.9. The molecule has 1 N–H and O–H groups in total. The Morgan fingerprint density at radius 2 is 1.06 bits per heavy atom. The van der Waals surface area contributed by atoms with Crippen LogP contribution in [0.4, 0.5) is 0 Å². The maximum absolute atomic E-state index is 3.86. The number of rotatable bonds is 1.